The molecule has 0 aliphatic carbocycles. The Hall–Kier alpha value is -2.35. The van der Waals surface area contributed by atoms with Gasteiger partial charge in [-0.3, -0.25) is 0 Å². The highest BCUT2D eigenvalue weighted by atomic mass is 16.5. The van der Waals surface area contributed by atoms with Crippen LogP contribution < -0.4 is 0 Å². The molecular weight excluding hydrogens is 260 g/mol. The van der Waals surface area contributed by atoms with E-state index in [0.717, 1.165) is 27.8 Å². The van der Waals surface area contributed by atoms with Crippen molar-refractivity contribution < 1.29 is 9.53 Å². The summed E-state index contributed by atoms with van der Waals surface area (Å²) in [6.45, 7) is 8.24. The number of rotatable bonds is 3. The number of methoxy groups -OCH3 is 1. The van der Waals surface area contributed by atoms with Crippen LogP contribution in [0.3, 0.4) is 0 Å². The topological polar surface area (TPSA) is 26.3 Å². The molecular formula is C19H19O2. The van der Waals surface area contributed by atoms with Crippen LogP contribution in [-0.2, 0) is 9.53 Å². The first kappa shape index (κ1) is 15.0. The molecule has 0 aliphatic heterocycles. The van der Waals surface area contributed by atoms with Gasteiger partial charge in [-0.1, -0.05) is 36.4 Å². The maximum Gasteiger partial charge on any atom is 0.330 e. The Kier molecular flexibility index (Phi) is 4.59. The Labute approximate surface area is 126 Å². The van der Waals surface area contributed by atoms with Gasteiger partial charge < -0.3 is 4.74 Å². The number of benzene rings is 2. The van der Waals surface area contributed by atoms with Gasteiger partial charge in [-0.15, -0.1) is 0 Å². The molecule has 0 aromatic heterocycles. The third kappa shape index (κ3) is 3.40. The average Bonchev–Trinajstić information content (AvgIpc) is 2.46. The van der Waals surface area contributed by atoms with Crippen molar-refractivity contribution in [1.29, 1.82) is 0 Å². The molecule has 0 spiro atoms. The number of hydrogen-bond acceptors (Lipinski definition) is 2. The molecule has 0 aliphatic rings. The van der Waals surface area contributed by atoms with E-state index in [1.807, 2.05) is 18.2 Å². The Morgan fingerprint density at radius 2 is 1.76 bits per heavy atom. The Morgan fingerprint density at radius 1 is 1.14 bits per heavy atom. The standard InChI is InChI=1S/C19H19O2/c1-13-7-5-6-8-17(13)19-14(2)11-16(12-15(19)3)9-10-18(20)21-4/h5-12H,1H2,2-4H3/b10-9+. The van der Waals surface area contributed by atoms with E-state index < -0.39 is 0 Å². The maximum absolute atomic E-state index is 11.2. The smallest absolute Gasteiger partial charge is 0.330 e. The van der Waals surface area contributed by atoms with Crippen molar-refractivity contribution >= 4 is 12.0 Å². The van der Waals surface area contributed by atoms with Crippen molar-refractivity contribution in [2.24, 2.45) is 0 Å². The lowest BCUT2D eigenvalue weighted by molar-refractivity contribution is -0.134. The SMILES string of the molecule is [CH2]c1ccccc1-c1c(C)cc(/C=C/C(=O)OC)cc1C. The van der Waals surface area contributed by atoms with Crippen molar-refractivity contribution in [3.05, 3.63) is 71.7 Å². The highest BCUT2D eigenvalue weighted by Crippen LogP contribution is 2.31. The zero-order chi connectivity index (χ0) is 15.4. The quantitative estimate of drug-likeness (QED) is 0.617. The number of ether oxygens (including phenoxy) is 1. The summed E-state index contributed by atoms with van der Waals surface area (Å²) < 4.78 is 4.61. The van der Waals surface area contributed by atoms with Gasteiger partial charge in [0.2, 0.25) is 0 Å². The van der Waals surface area contributed by atoms with Crippen LogP contribution in [0.4, 0.5) is 0 Å². The molecule has 0 fully saturated rings. The van der Waals surface area contributed by atoms with E-state index in [4.69, 9.17) is 0 Å². The largest absolute Gasteiger partial charge is 0.466 e. The minimum atomic E-state index is -0.350. The second-order valence-corrected chi connectivity index (χ2v) is 5.04. The minimum Gasteiger partial charge on any atom is -0.466 e. The van der Waals surface area contributed by atoms with E-state index in [9.17, 15) is 4.79 Å². The van der Waals surface area contributed by atoms with E-state index in [2.05, 4.69) is 43.7 Å². The van der Waals surface area contributed by atoms with E-state index in [-0.39, 0.29) is 5.97 Å². The molecule has 2 heteroatoms. The van der Waals surface area contributed by atoms with Crippen molar-refractivity contribution in [3.8, 4) is 11.1 Å². The molecule has 0 amide bonds. The van der Waals surface area contributed by atoms with Gasteiger partial charge >= 0.3 is 5.97 Å². The first-order valence-corrected chi connectivity index (χ1v) is 6.81. The lowest BCUT2D eigenvalue weighted by Gasteiger charge is -2.14. The lowest BCUT2D eigenvalue weighted by Crippen LogP contribution is -1.95. The molecule has 0 saturated carbocycles. The molecule has 0 bridgehead atoms. The van der Waals surface area contributed by atoms with Crippen molar-refractivity contribution in [2.45, 2.75) is 13.8 Å². The molecule has 1 radical (unpaired) electrons. The monoisotopic (exact) mass is 279 g/mol. The number of hydrogen-bond donors (Lipinski definition) is 0. The van der Waals surface area contributed by atoms with E-state index in [1.165, 1.54) is 18.7 Å². The van der Waals surface area contributed by atoms with Crippen molar-refractivity contribution in [2.75, 3.05) is 7.11 Å². The molecule has 2 aromatic rings. The summed E-state index contributed by atoms with van der Waals surface area (Å²) in [6, 6.07) is 12.2. The van der Waals surface area contributed by atoms with E-state index >= 15 is 0 Å². The summed E-state index contributed by atoms with van der Waals surface area (Å²) in [6.07, 6.45) is 3.20. The second-order valence-electron chi connectivity index (χ2n) is 5.04. The first-order chi connectivity index (χ1) is 10.0. The van der Waals surface area contributed by atoms with E-state index in [0.29, 0.717) is 0 Å². The summed E-state index contributed by atoms with van der Waals surface area (Å²) in [5, 5.41) is 0. The summed E-state index contributed by atoms with van der Waals surface area (Å²) in [5.41, 5.74) is 6.68. The van der Waals surface area contributed by atoms with Crippen molar-refractivity contribution in [1.82, 2.24) is 0 Å². The maximum atomic E-state index is 11.2. The van der Waals surface area contributed by atoms with E-state index in [1.54, 1.807) is 6.08 Å². The zero-order valence-corrected chi connectivity index (χ0v) is 12.6. The van der Waals surface area contributed by atoms with Crippen LogP contribution in [0, 0.1) is 20.8 Å². The van der Waals surface area contributed by atoms with Crippen LogP contribution in [0.2, 0.25) is 0 Å². The lowest BCUT2D eigenvalue weighted by atomic mass is 9.91. The second kappa shape index (κ2) is 6.40. The fourth-order valence-electron chi connectivity index (χ4n) is 2.51. The van der Waals surface area contributed by atoms with Gasteiger partial charge in [-0.05, 0) is 60.2 Å². The van der Waals surface area contributed by atoms with Gasteiger partial charge in [-0.25, -0.2) is 4.79 Å². The Balaban J connectivity index is 2.46. The summed E-state index contributed by atoms with van der Waals surface area (Å²) in [4.78, 5) is 11.2. The molecule has 2 rings (SSSR count). The minimum absolute atomic E-state index is 0.350. The average molecular weight is 279 g/mol. The molecule has 2 aromatic carbocycles. The molecule has 107 valence electrons. The predicted molar refractivity (Wildman–Crippen MR) is 86.9 cm³/mol. The number of carbonyl (C=O) groups is 1. The molecule has 2 nitrogen and oxygen atoms in total. The fraction of sp³-hybridized carbons (Fsp3) is 0.158. The fourth-order valence-corrected chi connectivity index (χ4v) is 2.51. The highest BCUT2D eigenvalue weighted by Gasteiger charge is 2.09. The third-order valence-electron chi connectivity index (χ3n) is 3.45. The Bertz CT molecular complexity index is 673. The summed E-state index contributed by atoms with van der Waals surface area (Å²) >= 11 is 0. The number of esters is 1. The molecule has 0 atom stereocenters. The van der Waals surface area contributed by atoms with Gasteiger partial charge in [0.05, 0.1) is 7.11 Å². The molecule has 0 unspecified atom stereocenters. The van der Waals surface area contributed by atoms with Crippen LogP contribution in [-0.4, -0.2) is 13.1 Å². The molecule has 21 heavy (non-hydrogen) atoms. The van der Waals surface area contributed by atoms with Crippen LogP contribution in [0.15, 0.2) is 42.5 Å². The van der Waals surface area contributed by atoms with Crippen LogP contribution >= 0.6 is 0 Å². The van der Waals surface area contributed by atoms with Crippen LogP contribution in [0.5, 0.6) is 0 Å². The summed E-state index contributed by atoms with van der Waals surface area (Å²) in [5.74, 6) is -0.350. The number of aryl methyl sites for hydroxylation is 2. The Morgan fingerprint density at radius 3 is 2.33 bits per heavy atom. The van der Waals surface area contributed by atoms with Crippen molar-refractivity contribution in [3.63, 3.8) is 0 Å². The van der Waals surface area contributed by atoms with Gasteiger partial charge in [0.1, 0.15) is 0 Å². The molecule has 0 N–H and O–H groups in total. The molecule has 0 saturated heterocycles. The predicted octanol–water partition coefficient (Wildman–Crippen LogP) is 4.34. The number of carbonyl (C=O) groups excluding carboxylic acids is 1. The zero-order valence-electron chi connectivity index (χ0n) is 12.6. The normalized spacial score (nSPS) is 10.9. The van der Waals surface area contributed by atoms with Gasteiger partial charge in [0, 0.05) is 6.08 Å². The van der Waals surface area contributed by atoms with Crippen LogP contribution in [0.25, 0.3) is 17.2 Å². The summed E-state index contributed by atoms with van der Waals surface area (Å²) in [7, 11) is 1.37. The first-order valence-electron chi connectivity index (χ1n) is 6.81. The third-order valence-corrected chi connectivity index (χ3v) is 3.45. The van der Waals surface area contributed by atoms with Gasteiger partial charge in [0.25, 0.3) is 0 Å². The van der Waals surface area contributed by atoms with Crippen LogP contribution in [0.1, 0.15) is 22.3 Å². The van der Waals surface area contributed by atoms with Gasteiger partial charge in [-0.2, -0.15) is 0 Å². The highest BCUT2D eigenvalue weighted by molar-refractivity contribution is 5.87. The van der Waals surface area contributed by atoms with Gasteiger partial charge in [0.15, 0.2) is 0 Å². The molecule has 0 heterocycles.